The standard InChI is InChI=1S/C17H32N2O2/c1-2-18-5-7-19(8-6-18)11-17(20)13-21-12-16-10-14-3-4-15(16)9-14/h14-17,20H,2-13H2,1H3/t14-,15-,16+,17-/m0/s1. The van der Waals surface area contributed by atoms with E-state index >= 15 is 0 Å². The van der Waals surface area contributed by atoms with Crippen LogP contribution in [0.1, 0.15) is 32.6 Å². The maximum atomic E-state index is 10.2. The molecular weight excluding hydrogens is 264 g/mol. The van der Waals surface area contributed by atoms with Crippen molar-refractivity contribution in [3.63, 3.8) is 0 Å². The fourth-order valence-corrected chi connectivity index (χ4v) is 4.57. The van der Waals surface area contributed by atoms with Crippen LogP contribution in [0.25, 0.3) is 0 Å². The van der Waals surface area contributed by atoms with Crippen LogP contribution in [0, 0.1) is 17.8 Å². The zero-order valence-electron chi connectivity index (χ0n) is 13.5. The van der Waals surface area contributed by atoms with Crippen molar-refractivity contribution in [2.45, 2.75) is 38.7 Å². The highest BCUT2D eigenvalue weighted by Gasteiger charge is 2.39. The molecule has 2 bridgehead atoms. The van der Waals surface area contributed by atoms with Crippen LogP contribution in [0.3, 0.4) is 0 Å². The largest absolute Gasteiger partial charge is 0.389 e. The third-order valence-electron chi connectivity index (χ3n) is 5.91. The van der Waals surface area contributed by atoms with Gasteiger partial charge in [0.1, 0.15) is 0 Å². The maximum absolute atomic E-state index is 10.2. The van der Waals surface area contributed by atoms with E-state index in [-0.39, 0.29) is 6.10 Å². The first kappa shape index (κ1) is 15.7. The Balaban J connectivity index is 1.27. The molecule has 122 valence electrons. The van der Waals surface area contributed by atoms with Gasteiger partial charge in [0, 0.05) is 39.3 Å². The van der Waals surface area contributed by atoms with Crippen LogP contribution in [0.15, 0.2) is 0 Å². The number of fused-ring (bicyclic) bond motifs is 2. The highest BCUT2D eigenvalue weighted by Crippen LogP contribution is 2.48. The van der Waals surface area contributed by atoms with Gasteiger partial charge in [-0.05, 0) is 43.6 Å². The number of nitrogens with zero attached hydrogens (tertiary/aromatic N) is 2. The van der Waals surface area contributed by atoms with Crippen molar-refractivity contribution < 1.29 is 9.84 Å². The van der Waals surface area contributed by atoms with Gasteiger partial charge in [-0.15, -0.1) is 0 Å². The molecule has 2 aliphatic carbocycles. The van der Waals surface area contributed by atoms with E-state index in [1.54, 1.807) is 0 Å². The summed E-state index contributed by atoms with van der Waals surface area (Å²) in [5.41, 5.74) is 0. The molecule has 1 N–H and O–H groups in total. The van der Waals surface area contributed by atoms with Crippen molar-refractivity contribution >= 4 is 0 Å². The summed E-state index contributed by atoms with van der Waals surface area (Å²) in [5, 5.41) is 10.2. The van der Waals surface area contributed by atoms with Gasteiger partial charge in [0.2, 0.25) is 0 Å². The van der Waals surface area contributed by atoms with Gasteiger partial charge in [0.05, 0.1) is 12.7 Å². The second-order valence-electron chi connectivity index (χ2n) is 7.36. The van der Waals surface area contributed by atoms with Crippen molar-refractivity contribution in [3.8, 4) is 0 Å². The molecule has 21 heavy (non-hydrogen) atoms. The SMILES string of the molecule is CCN1CCN(C[C@H](O)COC[C@H]2C[C@H]3CC[C@H]2C3)CC1. The van der Waals surface area contributed by atoms with Gasteiger partial charge in [0.25, 0.3) is 0 Å². The van der Waals surface area contributed by atoms with E-state index in [1.807, 2.05) is 0 Å². The van der Waals surface area contributed by atoms with Crippen LogP contribution in [0.5, 0.6) is 0 Å². The third-order valence-corrected chi connectivity index (χ3v) is 5.91. The second kappa shape index (κ2) is 7.40. The van der Waals surface area contributed by atoms with E-state index in [1.165, 1.54) is 25.7 Å². The monoisotopic (exact) mass is 296 g/mol. The maximum Gasteiger partial charge on any atom is 0.0900 e. The lowest BCUT2D eigenvalue weighted by molar-refractivity contribution is -0.00831. The lowest BCUT2D eigenvalue weighted by Gasteiger charge is -2.35. The predicted octanol–water partition coefficient (Wildman–Crippen LogP) is 1.44. The molecule has 0 radical (unpaired) electrons. The lowest BCUT2D eigenvalue weighted by atomic mass is 9.90. The Labute approximate surface area is 129 Å². The Morgan fingerprint density at radius 1 is 1.10 bits per heavy atom. The average molecular weight is 296 g/mol. The lowest BCUT2D eigenvalue weighted by Crippen LogP contribution is -2.48. The second-order valence-corrected chi connectivity index (χ2v) is 7.36. The van der Waals surface area contributed by atoms with Gasteiger partial charge in [-0.1, -0.05) is 13.3 Å². The van der Waals surface area contributed by atoms with E-state index in [9.17, 15) is 5.11 Å². The number of aliphatic hydroxyl groups excluding tert-OH is 1. The van der Waals surface area contributed by atoms with E-state index in [4.69, 9.17) is 4.74 Å². The number of ether oxygens (including phenoxy) is 1. The smallest absolute Gasteiger partial charge is 0.0900 e. The molecule has 0 aromatic rings. The minimum Gasteiger partial charge on any atom is -0.389 e. The van der Waals surface area contributed by atoms with Gasteiger partial charge >= 0.3 is 0 Å². The first-order valence-corrected chi connectivity index (χ1v) is 8.95. The highest BCUT2D eigenvalue weighted by atomic mass is 16.5. The predicted molar refractivity (Wildman–Crippen MR) is 84.3 cm³/mol. The first-order valence-electron chi connectivity index (χ1n) is 8.95. The molecule has 0 amide bonds. The van der Waals surface area contributed by atoms with E-state index < -0.39 is 0 Å². The molecule has 1 aliphatic heterocycles. The number of rotatable bonds is 7. The topological polar surface area (TPSA) is 35.9 Å². The van der Waals surface area contributed by atoms with Gasteiger partial charge in [-0.2, -0.15) is 0 Å². The van der Waals surface area contributed by atoms with Crippen LogP contribution >= 0.6 is 0 Å². The Morgan fingerprint density at radius 2 is 1.86 bits per heavy atom. The molecule has 0 spiro atoms. The number of likely N-dealkylation sites (N-methyl/N-ethyl adjacent to an activating group) is 1. The summed E-state index contributed by atoms with van der Waals surface area (Å²) < 4.78 is 5.83. The highest BCUT2D eigenvalue weighted by molar-refractivity contribution is 4.89. The Bertz CT molecular complexity index is 318. The molecule has 1 heterocycles. The molecule has 1 saturated heterocycles. The Kier molecular flexibility index (Phi) is 5.54. The molecule has 3 rings (SSSR count). The Morgan fingerprint density at radius 3 is 2.48 bits per heavy atom. The van der Waals surface area contributed by atoms with Crippen molar-refractivity contribution in [3.05, 3.63) is 0 Å². The Hall–Kier alpha value is -0.160. The molecule has 2 saturated carbocycles. The van der Waals surface area contributed by atoms with Gasteiger partial charge in [-0.3, -0.25) is 4.90 Å². The quantitative estimate of drug-likeness (QED) is 0.771. The minimum absolute atomic E-state index is 0.322. The fraction of sp³-hybridized carbons (Fsp3) is 1.00. The van der Waals surface area contributed by atoms with Crippen LogP contribution < -0.4 is 0 Å². The van der Waals surface area contributed by atoms with Crippen LogP contribution in [-0.2, 0) is 4.74 Å². The first-order chi connectivity index (χ1) is 10.2. The van der Waals surface area contributed by atoms with Crippen molar-refractivity contribution in [2.24, 2.45) is 17.8 Å². The summed E-state index contributed by atoms with van der Waals surface area (Å²) in [6.07, 6.45) is 5.37. The summed E-state index contributed by atoms with van der Waals surface area (Å²) in [7, 11) is 0. The molecule has 4 nitrogen and oxygen atoms in total. The zero-order valence-corrected chi connectivity index (χ0v) is 13.5. The van der Waals surface area contributed by atoms with Gasteiger partial charge in [0.15, 0.2) is 0 Å². The summed E-state index contributed by atoms with van der Waals surface area (Å²) in [6, 6.07) is 0. The molecule has 3 fully saturated rings. The van der Waals surface area contributed by atoms with Crippen molar-refractivity contribution in [2.75, 3.05) is 52.5 Å². The number of piperazine rings is 1. The summed E-state index contributed by atoms with van der Waals surface area (Å²) in [6.45, 7) is 9.95. The van der Waals surface area contributed by atoms with Crippen LogP contribution in [0.4, 0.5) is 0 Å². The van der Waals surface area contributed by atoms with Crippen LogP contribution in [-0.4, -0.2) is 73.5 Å². The van der Waals surface area contributed by atoms with E-state index in [0.29, 0.717) is 6.61 Å². The van der Waals surface area contributed by atoms with Gasteiger partial charge < -0.3 is 14.7 Å². The molecule has 0 unspecified atom stereocenters. The number of hydrogen-bond acceptors (Lipinski definition) is 4. The number of β-amino-alcohol motifs (C(OH)–C–C–N with tert-alkyl or cyclic N) is 1. The summed E-state index contributed by atoms with van der Waals surface area (Å²) >= 11 is 0. The zero-order chi connectivity index (χ0) is 14.7. The minimum atomic E-state index is -0.322. The van der Waals surface area contributed by atoms with E-state index in [2.05, 4.69) is 16.7 Å². The molecular formula is C17H32N2O2. The molecule has 0 aromatic carbocycles. The molecule has 3 aliphatic rings. The molecule has 4 heteroatoms. The van der Waals surface area contributed by atoms with Crippen LogP contribution in [0.2, 0.25) is 0 Å². The average Bonchev–Trinajstić information content (AvgIpc) is 3.11. The number of hydrogen-bond donors (Lipinski definition) is 1. The molecule has 4 atom stereocenters. The van der Waals surface area contributed by atoms with Crippen molar-refractivity contribution in [1.29, 1.82) is 0 Å². The summed E-state index contributed by atoms with van der Waals surface area (Å²) in [5.74, 6) is 2.70. The molecule has 0 aromatic heterocycles. The summed E-state index contributed by atoms with van der Waals surface area (Å²) in [4.78, 5) is 4.84. The number of aliphatic hydroxyl groups is 1. The van der Waals surface area contributed by atoms with Crippen molar-refractivity contribution in [1.82, 2.24) is 9.80 Å². The normalized spacial score (nSPS) is 35.4. The van der Waals surface area contributed by atoms with Gasteiger partial charge in [-0.25, -0.2) is 0 Å². The fourth-order valence-electron chi connectivity index (χ4n) is 4.57. The van der Waals surface area contributed by atoms with E-state index in [0.717, 1.165) is 63.6 Å². The third kappa shape index (κ3) is 4.19.